The molecule has 0 saturated heterocycles. The molecule has 0 bridgehead atoms. The third-order valence-corrected chi connectivity index (χ3v) is 5.83. The highest BCUT2D eigenvalue weighted by Crippen LogP contribution is 2.28. The molecule has 0 saturated carbocycles. The van der Waals surface area contributed by atoms with Gasteiger partial charge in [-0.1, -0.05) is 42.5 Å². The van der Waals surface area contributed by atoms with Crippen LogP contribution >= 0.6 is 0 Å². The van der Waals surface area contributed by atoms with Gasteiger partial charge in [0.05, 0.1) is 4.90 Å². The molecule has 0 N–H and O–H groups in total. The first-order valence-electron chi connectivity index (χ1n) is 6.52. The molecule has 2 aromatic rings. The molecule has 3 nitrogen and oxygen atoms in total. The number of hydrogen-bond donors (Lipinski definition) is 0. The fraction of sp³-hybridized carbons (Fsp3) is 0.188. The highest BCUT2D eigenvalue weighted by Gasteiger charge is 2.37. The Balaban J connectivity index is 2.03. The monoisotopic (exact) mass is 286 g/mol. The Bertz CT molecular complexity index is 748. The molecule has 1 atom stereocenters. The first-order chi connectivity index (χ1) is 9.60. The van der Waals surface area contributed by atoms with Gasteiger partial charge in [0.1, 0.15) is 5.25 Å². The summed E-state index contributed by atoms with van der Waals surface area (Å²) in [5, 5.41) is -0.959. The van der Waals surface area contributed by atoms with Crippen LogP contribution in [0, 0.1) is 0 Å². The number of carbonyl (C=O) groups excluding carboxylic acids is 1. The second-order valence-electron chi connectivity index (χ2n) is 4.91. The number of fused-ring (bicyclic) bond motifs is 1. The van der Waals surface area contributed by atoms with E-state index in [1.807, 2.05) is 12.1 Å². The van der Waals surface area contributed by atoms with E-state index in [9.17, 15) is 13.2 Å². The van der Waals surface area contributed by atoms with Crippen molar-refractivity contribution >= 4 is 15.6 Å². The maximum atomic E-state index is 12.6. The number of ketones is 1. The van der Waals surface area contributed by atoms with E-state index in [1.54, 1.807) is 42.5 Å². The number of Topliss-reactive ketones (excluding diaryl/α,β-unsaturated/α-hetero) is 1. The summed E-state index contributed by atoms with van der Waals surface area (Å²) < 4.78 is 25.2. The topological polar surface area (TPSA) is 51.2 Å². The number of aryl methyl sites for hydroxylation is 1. The fourth-order valence-electron chi connectivity index (χ4n) is 2.64. The van der Waals surface area contributed by atoms with E-state index in [4.69, 9.17) is 0 Å². The molecular formula is C16H14O3S. The molecule has 3 rings (SSSR count). The van der Waals surface area contributed by atoms with Gasteiger partial charge < -0.3 is 0 Å². The van der Waals surface area contributed by atoms with Crippen LogP contribution in [0.15, 0.2) is 59.5 Å². The molecule has 0 fully saturated rings. The van der Waals surface area contributed by atoms with Gasteiger partial charge in [-0.3, -0.25) is 4.79 Å². The Morgan fingerprint density at radius 3 is 2.30 bits per heavy atom. The zero-order valence-corrected chi connectivity index (χ0v) is 11.6. The summed E-state index contributed by atoms with van der Waals surface area (Å²) in [5.41, 5.74) is 1.49. The van der Waals surface area contributed by atoms with Crippen molar-refractivity contribution in [2.45, 2.75) is 23.0 Å². The van der Waals surface area contributed by atoms with Crippen molar-refractivity contribution in [1.29, 1.82) is 0 Å². The molecule has 0 spiro atoms. The van der Waals surface area contributed by atoms with Crippen LogP contribution in [0.25, 0.3) is 0 Å². The van der Waals surface area contributed by atoms with Gasteiger partial charge in [-0.2, -0.15) is 0 Å². The number of rotatable bonds is 2. The molecule has 0 aromatic heterocycles. The van der Waals surface area contributed by atoms with Crippen LogP contribution in [0.3, 0.4) is 0 Å². The average molecular weight is 286 g/mol. The third kappa shape index (κ3) is 2.06. The zero-order chi connectivity index (χ0) is 14.2. The van der Waals surface area contributed by atoms with Crippen LogP contribution in [0.1, 0.15) is 22.3 Å². The maximum Gasteiger partial charge on any atom is 0.188 e. The molecule has 20 heavy (non-hydrogen) atoms. The minimum atomic E-state index is -3.60. The van der Waals surface area contributed by atoms with E-state index in [0.717, 1.165) is 5.56 Å². The maximum absolute atomic E-state index is 12.6. The first-order valence-corrected chi connectivity index (χ1v) is 8.06. The Labute approximate surface area is 118 Å². The Kier molecular flexibility index (Phi) is 3.18. The first kappa shape index (κ1) is 13.1. The molecular weight excluding hydrogens is 272 g/mol. The molecule has 1 aliphatic carbocycles. The smallest absolute Gasteiger partial charge is 0.188 e. The van der Waals surface area contributed by atoms with Gasteiger partial charge in [0.2, 0.25) is 0 Å². The lowest BCUT2D eigenvalue weighted by molar-refractivity contribution is 0.0976. The molecule has 0 aliphatic heterocycles. The summed E-state index contributed by atoms with van der Waals surface area (Å²) in [7, 11) is -3.60. The molecule has 1 aliphatic rings. The highest BCUT2D eigenvalue weighted by molar-refractivity contribution is 7.92. The van der Waals surface area contributed by atoms with Gasteiger partial charge in [-0.15, -0.1) is 0 Å². The van der Waals surface area contributed by atoms with Crippen molar-refractivity contribution in [2.75, 3.05) is 0 Å². The number of benzene rings is 2. The lowest BCUT2D eigenvalue weighted by atomic mass is 9.90. The van der Waals surface area contributed by atoms with Crippen LogP contribution in [0.4, 0.5) is 0 Å². The van der Waals surface area contributed by atoms with E-state index >= 15 is 0 Å². The number of hydrogen-bond acceptors (Lipinski definition) is 3. The van der Waals surface area contributed by atoms with Gasteiger partial charge >= 0.3 is 0 Å². The highest BCUT2D eigenvalue weighted by atomic mass is 32.2. The zero-order valence-electron chi connectivity index (χ0n) is 10.8. The standard InChI is InChI=1S/C16H14O3S/c17-16-14-9-5-4-6-12(14)10-11-15(16)20(18,19)13-7-2-1-3-8-13/h1-9,15H,10-11H2/t15-/m1/s1. The molecule has 4 heteroatoms. The molecule has 0 radical (unpaired) electrons. The van der Waals surface area contributed by atoms with Crippen molar-refractivity contribution in [3.63, 3.8) is 0 Å². The van der Waals surface area contributed by atoms with E-state index in [1.165, 1.54) is 0 Å². The molecule has 0 unspecified atom stereocenters. The molecule has 2 aromatic carbocycles. The fourth-order valence-corrected chi connectivity index (χ4v) is 4.34. The normalized spacial score (nSPS) is 18.6. The summed E-state index contributed by atoms with van der Waals surface area (Å²) in [4.78, 5) is 12.7. The van der Waals surface area contributed by atoms with Crippen molar-refractivity contribution in [2.24, 2.45) is 0 Å². The third-order valence-electron chi connectivity index (χ3n) is 3.70. The Morgan fingerprint density at radius 1 is 0.900 bits per heavy atom. The van der Waals surface area contributed by atoms with E-state index in [2.05, 4.69) is 0 Å². The van der Waals surface area contributed by atoms with Gasteiger partial charge in [0, 0.05) is 5.56 Å². The summed E-state index contributed by atoms with van der Waals surface area (Å²) in [6, 6.07) is 15.4. The number of carbonyl (C=O) groups is 1. The Hall–Kier alpha value is -1.94. The van der Waals surface area contributed by atoms with Gasteiger partial charge in [0.25, 0.3) is 0 Å². The SMILES string of the molecule is O=C1c2ccccc2CC[C@H]1S(=O)(=O)c1ccccc1. The van der Waals surface area contributed by atoms with Crippen LogP contribution < -0.4 is 0 Å². The van der Waals surface area contributed by atoms with Crippen molar-refractivity contribution in [3.05, 3.63) is 65.7 Å². The van der Waals surface area contributed by atoms with E-state index in [0.29, 0.717) is 18.4 Å². The minimum Gasteiger partial charge on any atom is -0.293 e. The lowest BCUT2D eigenvalue weighted by Crippen LogP contribution is -2.34. The molecule has 0 heterocycles. The summed E-state index contributed by atoms with van der Waals surface area (Å²) in [6.45, 7) is 0. The minimum absolute atomic E-state index is 0.220. The molecule has 0 amide bonds. The lowest BCUT2D eigenvalue weighted by Gasteiger charge is -2.23. The summed E-state index contributed by atoms with van der Waals surface area (Å²) in [5.74, 6) is -0.282. The predicted octanol–water partition coefficient (Wildman–Crippen LogP) is 2.66. The van der Waals surface area contributed by atoms with Crippen LogP contribution in [0.2, 0.25) is 0 Å². The second kappa shape index (κ2) is 4.87. The summed E-state index contributed by atoms with van der Waals surface area (Å²) >= 11 is 0. The van der Waals surface area contributed by atoms with Crippen LogP contribution in [0.5, 0.6) is 0 Å². The molecule has 102 valence electrons. The Morgan fingerprint density at radius 2 is 1.55 bits per heavy atom. The second-order valence-corrected chi connectivity index (χ2v) is 7.04. The van der Waals surface area contributed by atoms with E-state index in [-0.39, 0.29) is 10.7 Å². The largest absolute Gasteiger partial charge is 0.293 e. The summed E-state index contributed by atoms with van der Waals surface area (Å²) in [6.07, 6.45) is 0.978. The van der Waals surface area contributed by atoms with Gasteiger partial charge in [-0.25, -0.2) is 8.42 Å². The van der Waals surface area contributed by atoms with Crippen molar-refractivity contribution in [3.8, 4) is 0 Å². The average Bonchev–Trinajstić information content (AvgIpc) is 2.48. The van der Waals surface area contributed by atoms with Gasteiger partial charge in [-0.05, 0) is 30.5 Å². The number of sulfone groups is 1. The van der Waals surface area contributed by atoms with Crippen molar-refractivity contribution < 1.29 is 13.2 Å². The van der Waals surface area contributed by atoms with Crippen LogP contribution in [-0.2, 0) is 16.3 Å². The van der Waals surface area contributed by atoms with Gasteiger partial charge in [0.15, 0.2) is 15.6 Å². The predicted molar refractivity (Wildman–Crippen MR) is 76.5 cm³/mol. The van der Waals surface area contributed by atoms with Crippen molar-refractivity contribution in [1.82, 2.24) is 0 Å². The van der Waals surface area contributed by atoms with Crippen LogP contribution in [-0.4, -0.2) is 19.5 Å². The quantitative estimate of drug-likeness (QED) is 0.853. The van der Waals surface area contributed by atoms with E-state index < -0.39 is 15.1 Å².